The van der Waals surface area contributed by atoms with Crippen molar-refractivity contribution in [2.24, 2.45) is 5.92 Å². The number of piperidine rings is 4. The Bertz CT molecular complexity index is 948. The normalized spacial score (nSPS) is 26.2. The Hall–Kier alpha value is -1.49. The third kappa shape index (κ3) is 8.75. The fourth-order valence-corrected chi connectivity index (χ4v) is 6.08. The standard InChI is InChI=1S/C27H41ClN4O5.2ClH/c1-35-23-17-31(12-5-3-4-6-24(33)37-22-16-32-13-9-18(22)10-14-32)15-11-21(23)30-27(34)19-7-8-20(29)25(28)26(19)36-2;;/h7-8,18,21-23H,3-6,9-17,29H2,1-2H3,(H,30,34);2*1H/t21-,22+,23+;;/m1../s1. The number of nitrogens with two attached hydrogens (primary N) is 1. The van der Waals surface area contributed by atoms with Crippen molar-refractivity contribution in [2.75, 3.05) is 59.2 Å². The van der Waals surface area contributed by atoms with Crippen LogP contribution in [0.3, 0.4) is 0 Å². The number of amides is 1. The molecule has 0 saturated carbocycles. The first-order chi connectivity index (χ1) is 17.9. The van der Waals surface area contributed by atoms with Gasteiger partial charge in [0.1, 0.15) is 11.1 Å². The number of nitrogens with one attached hydrogen (secondary N) is 1. The van der Waals surface area contributed by atoms with Gasteiger partial charge in [-0.1, -0.05) is 18.0 Å². The Morgan fingerprint density at radius 3 is 2.41 bits per heavy atom. The molecule has 3 atom stereocenters. The van der Waals surface area contributed by atoms with Gasteiger partial charge in [-0.25, -0.2) is 0 Å². The van der Waals surface area contributed by atoms with E-state index in [1.165, 1.54) is 7.11 Å². The van der Waals surface area contributed by atoms with Crippen LogP contribution in [0.15, 0.2) is 12.1 Å². The number of likely N-dealkylation sites (tertiary alicyclic amines) is 1. The van der Waals surface area contributed by atoms with Crippen molar-refractivity contribution >= 4 is 54.0 Å². The number of unbranched alkanes of at least 4 members (excludes halogenated alkanes) is 2. The zero-order valence-electron chi connectivity index (χ0n) is 22.9. The number of benzene rings is 1. The first kappa shape index (κ1) is 33.7. The maximum absolute atomic E-state index is 13.0. The molecule has 4 aliphatic heterocycles. The van der Waals surface area contributed by atoms with Crippen molar-refractivity contribution in [2.45, 2.75) is 63.2 Å². The summed E-state index contributed by atoms with van der Waals surface area (Å²) in [5.41, 5.74) is 6.56. The molecule has 5 rings (SSSR count). The summed E-state index contributed by atoms with van der Waals surface area (Å²) in [6.07, 6.45) is 6.42. The van der Waals surface area contributed by atoms with E-state index in [9.17, 15) is 9.59 Å². The molecule has 4 heterocycles. The van der Waals surface area contributed by atoms with Crippen LogP contribution >= 0.6 is 36.4 Å². The molecule has 1 aromatic rings. The minimum absolute atomic E-state index is 0. The predicted molar refractivity (Wildman–Crippen MR) is 158 cm³/mol. The highest BCUT2D eigenvalue weighted by Gasteiger charge is 2.36. The molecule has 1 aromatic carbocycles. The number of carbonyl (C=O) groups excluding carboxylic acids is 2. The number of carbonyl (C=O) groups is 2. The fraction of sp³-hybridized carbons (Fsp3) is 0.704. The van der Waals surface area contributed by atoms with E-state index < -0.39 is 0 Å². The van der Waals surface area contributed by atoms with Gasteiger partial charge in [0.15, 0.2) is 5.75 Å². The average molecular weight is 610 g/mol. The van der Waals surface area contributed by atoms with E-state index >= 15 is 0 Å². The van der Waals surface area contributed by atoms with Crippen LogP contribution < -0.4 is 15.8 Å². The van der Waals surface area contributed by atoms with Crippen molar-refractivity contribution in [1.29, 1.82) is 0 Å². The van der Waals surface area contributed by atoms with Gasteiger partial charge in [-0.05, 0) is 69.8 Å². The number of halogens is 3. The summed E-state index contributed by atoms with van der Waals surface area (Å²) >= 11 is 6.22. The van der Waals surface area contributed by atoms with E-state index in [-0.39, 0.29) is 65.7 Å². The summed E-state index contributed by atoms with van der Waals surface area (Å²) in [7, 11) is 3.14. The van der Waals surface area contributed by atoms with Gasteiger partial charge in [0, 0.05) is 33.2 Å². The Kier molecular flexibility index (Phi) is 13.9. The van der Waals surface area contributed by atoms with Crippen LogP contribution in [0, 0.1) is 5.92 Å². The number of esters is 1. The molecule has 0 unspecified atom stereocenters. The minimum atomic E-state index is -0.260. The monoisotopic (exact) mass is 608 g/mol. The van der Waals surface area contributed by atoms with Crippen LogP contribution in [0.2, 0.25) is 5.02 Å². The van der Waals surface area contributed by atoms with Crippen LogP contribution in [-0.4, -0.2) is 93.4 Å². The number of nitrogen functional groups attached to an aromatic ring is 1. The highest BCUT2D eigenvalue weighted by molar-refractivity contribution is 6.35. The molecule has 2 bridgehead atoms. The molecular weight excluding hydrogens is 567 g/mol. The third-order valence-electron chi connectivity index (χ3n) is 8.07. The molecule has 0 aromatic heterocycles. The van der Waals surface area contributed by atoms with Crippen LogP contribution in [0.5, 0.6) is 5.75 Å². The third-order valence-corrected chi connectivity index (χ3v) is 8.46. The van der Waals surface area contributed by atoms with Gasteiger partial charge >= 0.3 is 5.97 Å². The quantitative estimate of drug-likeness (QED) is 0.222. The van der Waals surface area contributed by atoms with E-state index in [2.05, 4.69) is 15.1 Å². The van der Waals surface area contributed by atoms with Gasteiger partial charge in [-0.2, -0.15) is 0 Å². The number of nitrogens with zero attached hydrogens (tertiary/aromatic N) is 2. The lowest BCUT2D eigenvalue weighted by molar-refractivity contribution is -0.158. The summed E-state index contributed by atoms with van der Waals surface area (Å²) in [4.78, 5) is 30.0. The maximum atomic E-state index is 13.0. The summed E-state index contributed by atoms with van der Waals surface area (Å²) < 4.78 is 16.8. The molecule has 12 heteroatoms. The van der Waals surface area contributed by atoms with Gasteiger partial charge in [0.05, 0.1) is 30.5 Å². The maximum Gasteiger partial charge on any atom is 0.306 e. The van der Waals surface area contributed by atoms with Crippen LogP contribution in [0.25, 0.3) is 0 Å². The van der Waals surface area contributed by atoms with Crippen molar-refractivity contribution in [3.8, 4) is 5.75 Å². The molecule has 4 fully saturated rings. The molecular formula is C27H43Cl3N4O5. The van der Waals surface area contributed by atoms with Crippen molar-refractivity contribution < 1.29 is 23.8 Å². The lowest BCUT2D eigenvalue weighted by Gasteiger charge is -2.43. The number of hydrogen-bond acceptors (Lipinski definition) is 8. The Morgan fingerprint density at radius 2 is 1.77 bits per heavy atom. The Balaban J connectivity index is 0.00000267. The van der Waals surface area contributed by atoms with Crippen LogP contribution in [0.1, 0.15) is 55.3 Å². The highest BCUT2D eigenvalue weighted by atomic mass is 35.5. The number of fused-ring (bicyclic) bond motifs is 3. The van der Waals surface area contributed by atoms with E-state index in [0.717, 1.165) is 77.8 Å². The molecule has 4 aliphatic rings. The Morgan fingerprint density at radius 1 is 1.03 bits per heavy atom. The second-order valence-corrected chi connectivity index (χ2v) is 10.8. The van der Waals surface area contributed by atoms with E-state index in [1.807, 2.05) is 0 Å². The van der Waals surface area contributed by atoms with Gasteiger partial charge in [-0.15, -0.1) is 24.8 Å². The van der Waals surface area contributed by atoms with E-state index in [1.54, 1.807) is 19.2 Å². The number of methoxy groups -OCH3 is 2. The predicted octanol–water partition coefficient (Wildman–Crippen LogP) is 3.79. The molecule has 9 nitrogen and oxygen atoms in total. The van der Waals surface area contributed by atoms with Gasteiger partial charge < -0.3 is 30.2 Å². The van der Waals surface area contributed by atoms with Gasteiger partial charge in [-0.3, -0.25) is 14.5 Å². The minimum Gasteiger partial charge on any atom is -0.494 e. The SMILES string of the molecule is COc1c(C(=O)N[C@@H]2CCN(CCCCCC(=O)O[C@H]3CN4CCC3CC4)C[C@@H]2OC)ccc(N)c1Cl.Cl.Cl. The molecule has 0 aliphatic carbocycles. The summed E-state index contributed by atoms with van der Waals surface area (Å²) in [6.45, 7) is 5.76. The number of ether oxygens (including phenoxy) is 3. The molecule has 39 heavy (non-hydrogen) atoms. The van der Waals surface area contributed by atoms with E-state index in [0.29, 0.717) is 23.6 Å². The van der Waals surface area contributed by atoms with Crippen LogP contribution in [-0.2, 0) is 14.3 Å². The fourth-order valence-electron chi connectivity index (χ4n) is 5.84. The lowest BCUT2D eigenvalue weighted by Crippen LogP contribution is -2.54. The number of hydrogen-bond donors (Lipinski definition) is 2. The van der Waals surface area contributed by atoms with Gasteiger partial charge in [0.2, 0.25) is 0 Å². The summed E-state index contributed by atoms with van der Waals surface area (Å²) in [5.74, 6) is 0.526. The Labute approximate surface area is 249 Å². The molecule has 4 saturated heterocycles. The average Bonchev–Trinajstić information content (AvgIpc) is 2.91. The molecule has 1 amide bonds. The molecule has 0 radical (unpaired) electrons. The first-order valence-corrected chi connectivity index (χ1v) is 13.9. The smallest absolute Gasteiger partial charge is 0.306 e. The highest BCUT2D eigenvalue weighted by Crippen LogP contribution is 2.34. The summed E-state index contributed by atoms with van der Waals surface area (Å²) in [6, 6.07) is 3.11. The van der Waals surface area contributed by atoms with Crippen molar-refractivity contribution in [1.82, 2.24) is 15.1 Å². The van der Waals surface area contributed by atoms with Gasteiger partial charge in [0.25, 0.3) is 5.91 Å². The first-order valence-electron chi connectivity index (χ1n) is 13.5. The largest absolute Gasteiger partial charge is 0.494 e. The zero-order chi connectivity index (χ0) is 26.4. The van der Waals surface area contributed by atoms with Crippen LogP contribution in [0.4, 0.5) is 5.69 Å². The molecule has 222 valence electrons. The van der Waals surface area contributed by atoms with Crippen molar-refractivity contribution in [3.63, 3.8) is 0 Å². The zero-order valence-corrected chi connectivity index (χ0v) is 25.3. The lowest BCUT2D eigenvalue weighted by atomic mass is 9.86. The second-order valence-electron chi connectivity index (χ2n) is 10.5. The van der Waals surface area contributed by atoms with E-state index in [4.69, 9.17) is 31.5 Å². The second kappa shape index (κ2) is 16.1. The molecule has 0 spiro atoms. The summed E-state index contributed by atoms with van der Waals surface area (Å²) in [5, 5.41) is 3.32. The van der Waals surface area contributed by atoms with Crippen molar-refractivity contribution in [3.05, 3.63) is 22.7 Å². The molecule has 3 N–H and O–H groups in total. The topological polar surface area (TPSA) is 106 Å². The number of anilines is 1. The number of rotatable bonds is 11.